The highest BCUT2D eigenvalue weighted by Crippen LogP contribution is 2.30. The van der Waals surface area contributed by atoms with E-state index in [0.29, 0.717) is 6.42 Å². The number of rotatable bonds is 14. The Hall–Kier alpha value is -1.39. The molecule has 0 bridgehead atoms. The Kier molecular flexibility index (Phi) is 12.0. The SMILES string of the molecule is CCCCC[C@@H]1O[C@@H]1[C@@H](O)/C=C\C/C=C\C/C=C\CCCC(=O)OC. The predicted molar refractivity (Wildman–Crippen MR) is 101 cm³/mol. The first-order valence-corrected chi connectivity index (χ1v) is 9.56. The minimum atomic E-state index is -0.477. The standard InChI is InChI=1S/C21H34O4/c1-3-4-12-16-19-21(25-19)18(22)15-13-10-8-6-5-7-9-11-14-17-20(23)24-2/h6-9,13,15,18-19,21-22H,3-5,10-12,14,16-17H2,1-2H3/b8-6-,9-7-,15-13-/t18-,19-,21+/m0/s1. The molecule has 0 aliphatic carbocycles. The monoisotopic (exact) mass is 350 g/mol. The minimum absolute atomic E-state index is 0.00464. The van der Waals surface area contributed by atoms with Crippen LogP contribution >= 0.6 is 0 Å². The third-order valence-corrected chi connectivity index (χ3v) is 4.24. The second-order valence-corrected chi connectivity index (χ2v) is 6.44. The zero-order valence-electron chi connectivity index (χ0n) is 15.7. The minimum Gasteiger partial charge on any atom is -0.469 e. The number of carbonyl (C=O) groups excluding carboxylic acids is 1. The number of allylic oxidation sites excluding steroid dienone is 5. The van der Waals surface area contributed by atoms with E-state index in [2.05, 4.69) is 36.0 Å². The van der Waals surface area contributed by atoms with E-state index in [1.807, 2.05) is 12.2 Å². The van der Waals surface area contributed by atoms with Gasteiger partial charge in [0.05, 0.1) is 13.2 Å². The molecule has 1 heterocycles. The Morgan fingerprint density at radius 3 is 2.56 bits per heavy atom. The second-order valence-electron chi connectivity index (χ2n) is 6.44. The van der Waals surface area contributed by atoms with Crippen LogP contribution in [0, 0.1) is 0 Å². The van der Waals surface area contributed by atoms with Gasteiger partial charge in [-0.3, -0.25) is 4.79 Å². The molecule has 4 nitrogen and oxygen atoms in total. The van der Waals surface area contributed by atoms with Crippen LogP contribution < -0.4 is 0 Å². The molecule has 142 valence electrons. The molecule has 1 rings (SSSR count). The Morgan fingerprint density at radius 1 is 1.12 bits per heavy atom. The number of methoxy groups -OCH3 is 1. The van der Waals surface area contributed by atoms with Gasteiger partial charge < -0.3 is 14.6 Å². The molecule has 0 aromatic rings. The zero-order valence-corrected chi connectivity index (χ0v) is 15.7. The highest BCUT2D eigenvalue weighted by atomic mass is 16.6. The van der Waals surface area contributed by atoms with Gasteiger partial charge in [-0.2, -0.15) is 0 Å². The van der Waals surface area contributed by atoms with Gasteiger partial charge in [0.2, 0.25) is 0 Å². The summed E-state index contributed by atoms with van der Waals surface area (Å²) in [4.78, 5) is 10.9. The van der Waals surface area contributed by atoms with Crippen molar-refractivity contribution in [1.82, 2.24) is 0 Å². The van der Waals surface area contributed by atoms with Crippen molar-refractivity contribution in [1.29, 1.82) is 0 Å². The third-order valence-electron chi connectivity index (χ3n) is 4.24. The Balaban J connectivity index is 2.00. The fourth-order valence-corrected chi connectivity index (χ4v) is 2.64. The van der Waals surface area contributed by atoms with Gasteiger partial charge in [0.1, 0.15) is 12.2 Å². The van der Waals surface area contributed by atoms with E-state index in [9.17, 15) is 9.90 Å². The van der Waals surface area contributed by atoms with E-state index in [4.69, 9.17) is 4.74 Å². The summed E-state index contributed by atoms with van der Waals surface area (Å²) in [5.74, 6) is -0.147. The summed E-state index contributed by atoms with van der Waals surface area (Å²) >= 11 is 0. The molecule has 0 spiro atoms. The number of hydrogen-bond acceptors (Lipinski definition) is 4. The number of aliphatic hydroxyl groups excluding tert-OH is 1. The van der Waals surface area contributed by atoms with Gasteiger partial charge in [-0.15, -0.1) is 0 Å². The van der Waals surface area contributed by atoms with Crippen LogP contribution in [-0.4, -0.2) is 36.5 Å². The molecule has 0 aromatic heterocycles. The first-order valence-electron chi connectivity index (χ1n) is 9.56. The number of aliphatic hydroxyl groups is 1. The number of epoxide rings is 1. The van der Waals surface area contributed by atoms with Gasteiger partial charge in [-0.05, 0) is 32.1 Å². The summed E-state index contributed by atoms with van der Waals surface area (Å²) in [6, 6.07) is 0. The summed E-state index contributed by atoms with van der Waals surface area (Å²) in [5.41, 5.74) is 0. The number of unbranched alkanes of at least 4 members (excludes halogenated alkanes) is 3. The van der Waals surface area contributed by atoms with Crippen LogP contribution in [0.3, 0.4) is 0 Å². The van der Waals surface area contributed by atoms with E-state index in [1.165, 1.54) is 26.4 Å². The van der Waals surface area contributed by atoms with Crippen LogP contribution in [0.1, 0.15) is 64.7 Å². The molecular formula is C21H34O4. The van der Waals surface area contributed by atoms with Crippen molar-refractivity contribution in [2.75, 3.05) is 7.11 Å². The van der Waals surface area contributed by atoms with Crippen LogP contribution in [0.4, 0.5) is 0 Å². The molecule has 0 radical (unpaired) electrons. The summed E-state index contributed by atoms with van der Waals surface area (Å²) in [6.07, 6.45) is 20.6. The molecule has 4 heteroatoms. The fourth-order valence-electron chi connectivity index (χ4n) is 2.64. The molecular weight excluding hydrogens is 316 g/mol. The van der Waals surface area contributed by atoms with Gasteiger partial charge in [0, 0.05) is 6.42 Å². The van der Waals surface area contributed by atoms with E-state index in [1.54, 1.807) is 0 Å². The number of ether oxygens (including phenoxy) is 2. The number of esters is 1. The first-order chi connectivity index (χ1) is 12.2. The van der Waals surface area contributed by atoms with Gasteiger partial charge in [0.25, 0.3) is 0 Å². The van der Waals surface area contributed by atoms with Crippen LogP contribution in [0.5, 0.6) is 0 Å². The predicted octanol–water partition coefficient (Wildman–Crippen LogP) is 4.49. The van der Waals surface area contributed by atoms with Crippen molar-refractivity contribution >= 4 is 5.97 Å². The highest BCUT2D eigenvalue weighted by molar-refractivity contribution is 5.69. The number of carbonyl (C=O) groups is 1. The van der Waals surface area contributed by atoms with Crippen LogP contribution in [-0.2, 0) is 14.3 Å². The quantitative estimate of drug-likeness (QED) is 0.217. The maximum atomic E-state index is 10.9. The van der Waals surface area contributed by atoms with Crippen molar-refractivity contribution in [2.24, 2.45) is 0 Å². The van der Waals surface area contributed by atoms with Crippen LogP contribution in [0.2, 0.25) is 0 Å². The molecule has 1 saturated heterocycles. The second kappa shape index (κ2) is 13.9. The molecule has 0 unspecified atom stereocenters. The molecule has 25 heavy (non-hydrogen) atoms. The van der Waals surface area contributed by atoms with Crippen molar-refractivity contribution in [2.45, 2.75) is 83.0 Å². The van der Waals surface area contributed by atoms with Gasteiger partial charge in [-0.1, -0.05) is 62.6 Å². The molecule has 1 N–H and O–H groups in total. The summed E-state index contributed by atoms with van der Waals surface area (Å²) < 4.78 is 10.1. The van der Waals surface area contributed by atoms with Crippen molar-refractivity contribution in [3.63, 3.8) is 0 Å². The molecule has 1 aliphatic heterocycles. The van der Waals surface area contributed by atoms with E-state index < -0.39 is 6.10 Å². The first kappa shape index (κ1) is 21.7. The largest absolute Gasteiger partial charge is 0.469 e. The molecule has 0 amide bonds. The third kappa shape index (κ3) is 11.0. The normalized spacial score (nSPS) is 21.4. The maximum Gasteiger partial charge on any atom is 0.305 e. The summed E-state index contributed by atoms with van der Waals surface area (Å²) in [7, 11) is 1.42. The lowest BCUT2D eigenvalue weighted by Crippen LogP contribution is -2.13. The van der Waals surface area contributed by atoms with E-state index >= 15 is 0 Å². The topological polar surface area (TPSA) is 59.1 Å². The summed E-state index contributed by atoms with van der Waals surface area (Å²) in [6.45, 7) is 2.19. The zero-order chi connectivity index (χ0) is 18.3. The number of hydrogen-bond donors (Lipinski definition) is 1. The van der Waals surface area contributed by atoms with Crippen LogP contribution in [0.25, 0.3) is 0 Å². The average molecular weight is 350 g/mol. The molecule has 0 saturated carbocycles. The van der Waals surface area contributed by atoms with Crippen LogP contribution in [0.15, 0.2) is 36.5 Å². The van der Waals surface area contributed by atoms with Gasteiger partial charge in [0.15, 0.2) is 0 Å². The summed E-state index contributed by atoms with van der Waals surface area (Å²) in [5, 5.41) is 10.0. The van der Waals surface area contributed by atoms with E-state index in [0.717, 1.165) is 32.1 Å². The molecule has 1 fully saturated rings. The van der Waals surface area contributed by atoms with E-state index in [-0.39, 0.29) is 18.2 Å². The van der Waals surface area contributed by atoms with Crippen molar-refractivity contribution in [3.8, 4) is 0 Å². The highest BCUT2D eigenvalue weighted by Gasteiger charge is 2.42. The fraction of sp³-hybridized carbons (Fsp3) is 0.667. The molecule has 0 aromatic carbocycles. The van der Waals surface area contributed by atoms with Crippen molar-refractivity contribution in [3.05, 3.63) is 36.5 Å². The lowest BCUT2D eigenvalue weighted by atomic mass is 10.1. The smallest absolute Gasteiger partial charge is 0.305 e. The Morgan fingerprint density at radius 2 is 1.84 bits per heavy atom. The van der Waals surface area contributed by atoms with Gasteiger partial charge >= 0.3 is 5.97 Å². The van der Waals surface area contributed by atoms with Gasteiger partial charge in [-0.25, -0.2) is 0 Å². The molecule has 1 aliphatic rings. The van der Waals surface area contributed by atoms with Crippen molar-refractivity contribution < 1.29 is 19.4 Å². The lowest BCUT2D eigenvalue weighted by Gasteiger charge is -2.00. The molecule has 3 atom stereocenters. The lowest BCUT2D eigenvalue weighted by molar-refractivity contribution is -0.140. The Bertz CT molecular complexity index is 439. The maximum absolute atomic E-state index is 10.9. The Labute approximate surface area is 152 Å². The average Bonchev–Trinajstić information content (AvgIpc) is 3.39.